The summed E-state index contributed by atoms with van der Waals surface area (Å²) in [5, 5.41) is 2.87. The van der Waals surface area contributed by atoms with Crippen LogP contribution >= 0.6 is 0 Å². The first-order chi connectivity index (χ1) is 8.67. The van der Waals surface area contributed by atoms with E-state index in [1.165, 1.54) is 25.1 Å². The number of hydrogen-bond donors (Lipinski definition) is 1. The third-order valence-electron chi connectivity index (χ3n) is 4.06. The first kappa shape index (κ1) is 13.0. The van der Waals surface area contributed by atoms with Gasteiger partial charge in [0.15, 0.2) is 5.82 Å². The Hall–Kier alpha value is -1.45. The number of halogens is 1. The van der Waals surface area contributed by atoms with Crippen molar-refractivity contribution < 1.29 is 9.18 Å². The van der Waals surface area contributed by atoms with E-state index in [2.05, 4.69) is 17.2 Å². The molecule has 0 unspecified atom stereocenters. The zero-order chi connectivity index (χ0) is 13.0. The third-order valence-corrected chi connectivity index (χ3v) is 4.06. The topological polar surface area (TPSA) is 42.0 Å². The Labute approximate surface area is 107 Å². The van der Waals surface area contributed by atoms with E-state index < -0.39 is 5.82 Å². The molecule has 1 aromatic rings. The summed E-state index contributed by atoms with van der Waals surface area (Å²) in [6, 6.07) is 1.41. The number of carbonyl (C=O) groups excluding carboxylic acids is 1. The summed E-state index contributed by atoms with van der Waals surface area (Å²) in [6.45, 7) is 2.80. The quantitative estimate of drug-likeness (QED) is 0.892. The van der Waals surface area contributed by atoms with Crippen molar-refractivity contribution in [3.8, 4) is 0 Å². The highest BCUT2D eigenvalue weighted by Crippen LogP contribution is 2.40. The van der Waals surface area contributed by atoms with Gasteiger partial charge in [0.2, 0.25) is 0 Å². The second-order valence-corrected chi connectivity index (χ2v) is 5.10. The van der Waals surface area contributed by atoms with Gasteiger partial charge in [-0.25, -0.2) is 4.39 Å². The lowest BCUT2D eigenvalue weighted by molar-refractivity contribution is 0.0924. The number of aromatic nitrogens is 1. The molecule has 1 amide bonds. The Balaban J connectivity index is 1.98. The summed E-state index contributed by atoms with van der Waals surface area (Å²) >= 11 is 0. The molecule has 18 heavy (non-hydrogen) atoms. The molecule has 0 radical (unpaired) electrons. The predicted molar refractivity (Wildman–Crippen MR) is 67.7 cm³/mol. The molecule has 1 aromatic heterocycles. The van der Waals surface area contributed by atoms with Gasteiger partial charge in [0.1, 0.15) is 0 Å². The van der Waals surface area contributed by atoms with E-state index >= 15 is 0 Å². The van der Waals surface area contributed by atoms with Crippen molar-refractivity contribution in [1.29, 1.82) is 0 Å². The molecule has 1 saturated carbocycles. The molecule has 1 fully saturated rings. The molecule has 1 aliphatic carbocycles. The molecule has 0 saturated heterocycles. The van der Waals surface area contributed by atoms with Crippen LogP contribution in [-0.2, 0) is 0 Å². The Kier molecular flexibility index (Phi) is 3.94. The minimum absolute atomic E-state index is 0.0780. The van der Waals surface area contributed by atoms with Crippen LogP contribution < -0.4 is 5.32 Å². The van der Waals surface area contributed by atoms with Crippen LogP contribution in [0.1, 0.15) is 49.4 Å². The van der Waals surface area contributed by atoms with Crippen molar-refractivity contribution in [3.05, 3.63) is 29.8 Å². The van der Waals surface area contributed by atoms with Gasteiger partial charge in [-0.15, -0.1) is 0 Å². The molecule has 0 spiro atoms. The standard InChI is InChI=1S/C14H19FN2O/c1-2-14(6-3-4-7-14)10-17-13(18)11-5-8-16-9-12(11)15/h5,8-9H,2-4,6-7,10H2,1H3,(H,17,18). The fourth-order valence-electron chi connectivity index (χ4n) is 2.70. The second-order valence-electron chi connectivity index (χ2n) is 5.10. The van der Waals surface area contributed by atoms with Crippen molar-refractivity contribution in [2.24, 2.45) is 5.41 Å². The fourth-order valence-corrected chi connectivity index (χ4v) is 2.70. The van der Waals surface area contributed by atoms with Crippen molar-refractivity contribution in [2.75, 3.05) is 6.54 Å². The van der Waals surface area contributed by atoms with Gasteiger partial charge < -0.3 is 5.32 Å². The molecule has 3 nitrogen and oxygen atoms in total. The number of nitrogens with one attached hydrogen (secondary N) is 1. The fraction of sp³-hybridized carbons (Fsp3) is 0.571. The van der Waals surface area contributed by atoms with Crippen molar-refractivity contribution >= 4 is 5.91 Å². The number of rotatable bonds is 4. The maximum absolute atomic E-state index is 13.4. The molecule has 0 aromatic carbocycles. The van der Waals surface area contributed by atoms with Crippen molar-refractivity contribution in [2.45, 2.75) is 39.0 Å². The van der Waals surface area contributed by atoms with Crippen LogP contribution in [0.5, 0.6) is 0 Å². The Morgan fingerprint density at radius 3 is 2.83 bits per heavy atom. The van der Waals surface area contributed by atoms with E-state index in [0.29, 0.717) is 6.54 Å². The van der Waals surface area contributed by atoms with Gasteiger partial charge in [0.25, 0.3) is 5.91 Å². The predicted octanol–water partition coefficient (Wildman–Crippen LogP) is 2.92. The maximum Gasteiger partial charge on any atom is 0.254 e. The Bertz CT molecular complexity index is 428. The summed E-state index contributed by atoms with van der Waals surface area (Å²) in [6.07, 6.45) is 8.33. The third kappa shape index (κ3) is 2.68. The molecule has 1 heterocycles. The van der Waals surface area contributed by atoms with Gasteiger partial charge in [-0.1, -0.05) is 19.8 Å². The minimum atomic E-state index is -0.563. The van der Waals surface area contributed by atoms with Gasteiger partial charge >= 0.3 is 0 Å². The largest absolute Gasteiger partial charge is 0.351 e. The van der Waals surface area contributed by atoms with Crippen LogP contribution in [0, 0.1) is 11.2 Å². The van der Waals surface area contributed by atoms with Crippen LogP contribution in [0.25, 0.3) is 0 Å². The van der Waals surface area contributed by atoms with Gasteiger partial charge in [0.05, 0.1) is 11.8 Å². The molecule has 0 aliphatic heterocycles. The molecule has 0 bridgehead atoms. The van der Waals surface area contributed by atoms with E-state index in [-0.39, 0.29) is 16.9 Å². The van der Waals surface area contributed by atoms with Crippen LogP contribution in [0.4, 0.5) is 4.39 Å². The average Bonchev–Trinajstić information content (AvgIpc) is 2.86. The van der Waals surface area contributed by atoms with E-state index in [1.54, 1.807) is 0 Å². The van der Waals surface area contributed by atoms with E-state index in [0.717, 1.165) is 25.5 Å². The van der Waals surface area contributed by atoms with Crippen molar-refractivity contribution in [1.82, 2.24) is 10.3 Å². The normalized spacial score (nSPS) is 17.7. The molecule has 4 heteroatoms. The number of pyridine rings is 1. The lowest BCUT2D eigenvalue weighted by Gasteiger charge is -2.27. The monoisotopic (exact) mass is 250 g/mol. The highest BCUT2D eigenvalue weighted by molar-refractivity contribution is 5.94. The smallest absolute Gasteiger partial charge is 0.254 e. The highest BCUT2D eigenvalue weighted by Gasteiger charge is 2.32. The number of nitrogens with zero attached hydrogens (tertiary/aromatic N) is 1. The molecule has 0 atom stereocenters. The molecular formula is C14H19FN2O. The van der Waals surface area contributed by atoms with Crippen LogP contribution in [-0.4, -0.2) is 17.4 Å². The lowest BCUT2D eigenvalue weighted by atomic mass is 9.83. The Morgan fingerprint density at radius 1 is 1.50 bits per heavy atom. The summed E-state index contributed by atoms with van der Waals surface area (Å²) in [4.78, 5) is 15.5. The van der Waals surface area contributed by atoms with E-state index in [4.69, 9.17) is 0 Å². The number of amides is 1. The molecule has 2 rings (SSSR count). The lowest BCUT2D eigenvalue weighted by Crippen LogP contribution is -2.36. The SMILES string of the molecule is CCC1(CNC(=O)c2ccncc2F)CCCC1. The van der Waals surface area contributed by atoms with Gasteiger partial charge in [-0.2, -0.15) is 0 Å². The second kappa shape index (κ2) is 5.46. The summed E-state index contributed by atoms with van der Waals surface area (Å²) in [5.74, 6) is -0.901. The molecule has 1 aliphatic rings. The Morgan fingerprint density at radius 2 is 2.22 bits per heavy atom. The highest BCUT2D eigenvalue weighted by atomic mass is 19.1. The molecule has 1 N–H and O–H groups in total. The first-order valence-corrected chi connectivity index (χ1v) is 6.55. The van der Waals surface area contributed by atoms with Gasteiger partial charge in [-0.3, -0.25) is 9.78 Å². The zero-order valence-corrected chi connectivity index (χ0v) is 10.7. The minimum Gasteiger partial charge on any atom is -0.351 e. The van der Waals surface area contributed by atoms with Gasteiger partial charge in [0, 0.05) is 12.7 Å². The maximum atomic E-state index is 13.4. The summed E-state index contributed by atoms with van der Waals surface area (Å²) < 4.78 is 13.4. The first-order valence-electron chi connectivity index (χ1n) is 6.55. The molecular weight excluding hydrogens is 231 g/mol. The number of carbonyl (C=O) groups is 1. The van der Waals surface area contributed by atoms with Gasteiger partial charge in [-0.05, 0) is 30.7 Å². The van der Waals surface area contributed by atoms with Crippen molar-refractivity contribution in [3.63, 3.8) is 0 Å². The van der Waals surface area contributed by atoms with Crippen LogP contribution in [0.3, 0.4) is 0 Å². The zero-order valence-electron chi connectivity index (χ0n) is 10.7. The van der Waals surface area contributed by atoms with Crippen LogP contribution in [0.2, 0.25) is 0 Å². The number of hydrogen-bond acceptors (Lipinski definition) is 2. The van der Waals surface area contributed by atoms with Crippen LogP contribution in [0.15, 0.2) is 18.5 Å². The average molecular weight is 250 g/mol. The molecule has 98 valence electrons. The van der Waals surface area contributed by atoms with E-state index in [1.807, 2.05) is 0 Å². The van der Waals surface area contributed by atoms with E-state index in [9.17, 15) is 9.18 Å². The summed E-state index contributed by atoms with van der Waals surface area (Å²) in [7, 11) is 0. The summed E-state index contributed by atoms with van der Waals surface area (Å²) in [5.41, 5.74) is 0.299.